The minimum Gasteiger partial charge on any atom is -0.357 e. The van der Waals surface area contributed by atoms with E-state index in [1.165, 1.54) is 4.88 Å². The number of hydrogen-bond acceptors (Lipinski definition) is 4. The van der Waals surface area contributed by atoms with E-state index in [0.29, 0.717) is 6.54 Å². The molecular weight excluding hydrogens is 483 g/mol. The molecule has 3 aromatic rings. The van der Waals surface area contributed by atoms with Gasteiger partial charge in [0.15, 0.2) is 5.96 Å². The highest BCUT2D eigenvalue weighted by molar-refractivity contribution is 14.0. The molecule has 8 heteroatoms. The van der Waals surface area contributed by atoms with Gasteiger partial charge in [-0.05, 0) is 43.3 Å². The van der Waals surface area contributed by atoms with Crippen molar-refractivity contribution in [3.63, 3.8) is 0 Å². The monoisotopic (exact) mass is 510 g/mol. The third kappa shape index (κ3) is 6.03. The van der Waals surface area contributed by atoms with E-state index in [1.54, 1.807) is 17.5 Å². The van der Waals surface area contributed by atoms with Crippen LogP contribution in [-0.4, -0.2) is 45.5 Å². The van der Waals surface area contributed by atoms with Crippen LogP contribution in [0.3, 0.4) is 0 Å². The highest BCUT2D eigenvalue weighted by atomic mass is 127. The zero-order valence-electron chi connectivity index (χ0n) is 16.5. The fraction of sp³-hybridized carbons (Fsp3) is 0.350. The van der Waals surface area contributed by atoms with Crippen molar-refractivity contribution in [2.75, 3.05) is 20.1 Å². The molecule has 0 aliphatic carbocycles. The van der Waals surface area contributed by atoms with Crippen molar-refractivity contribution in [3.05, 3.63) is 64.5 Å². The first-order valence-electron chi connectivity index (χ1n) is 9.14. The number of pyridine rings is 1. The minimum atomic E-state index is 0. The molecule has 1 N–H and O–H groups in total. The lowest BCUT2D eigenvalue weighted by Crippen LogP contribution is -2.39. The Morgan fingerprint density at radius 1 is 1.29 bits per heavy atom. The van der Waals surface area contributed by atoms with Crippen LogP contribution in [0.2, 0.25) is 0 Å². The second kappa shape index (κ2) is 11.2. The maximum atomic E-state index is 4.77. The number of aliphatic imine (C=N–C) groups is 1. The first-order valence-corrected chi connectivity index (χ1v) is 10.0. The molecule has 0 aromatic carbocycles. The van der Waals surface area contributed by atoms with Crippen LogP contribution < -0.4 is 5.32 Å². The lowest BCUT2D eigenvalue weighted by molar-refractivity contribution is 0.486. The third-order valence-corrected chi connectivity index (χ3v) is 5.20. The molecule has 0 aliphatic heterocycles. The molecule has 0 amide bonds. The van der Waals surface area contributed by atoms with E-state index < -0.39 is 0 Å². The van der Waals surface area contributed by atoms with Crippen LogP contribution in [0.4, 0.5) is 0 Å². The molecule has 0 bridgehead atoms. The number of nitrogens with one attached hydrogen (secondary N) is 1. The molecule has 0 atom stereocenters. The largest absolute Gasteiger partial charge is 0.357 e. The van der Waals surface area contributed by atoms with E-state index >= 15 is 0 Å². The average Bonchev–Trinajstić information content (AvgIpc) is 3.35. The van der Waals surface area contributed by atoms with E-state index in [0.717, 1.165) is 42.7 Å². The molecule has 0 fully saturated rings. The van der Waals surface area contributed by atoms with E-state index in [4.69, 9.17) is 4.99 Å². The summed E-state index contributed by atoms with van der Waals surface area (Å²) in [7, 11) is 2.08. The standard InChI is InChI=1S/C20H26N6S.HI/c1-4-21-20(25(3)11-9-18-6-5-13-27-18)24-15-17-7-8-19(23-14-17)26-12-10-22-16(26)2;/h5-8,10,12-14H,4,9,11,15H2,1-3H3,(H,21,24);1H. The second-order valence-electron chi connectivity index (χ2n) is 6.29. The number of likely N-dealkylation sites (N-methyl/N-ethyl adjacent to an activating group) is 1. The quantitative estimate of drug-likeness (QED) is 0.298. The first kappa shape index (κ1) is 22.4. The zero-order chi connectivity index (χ0) is 19.1. The summed E-state index contributed by atoms with van der Waals surface area (Å²) in [5.41, 5.74) is 1.08. The van der Waals surface area contributed by atoms with Crippen LogP contribution in [-0.2, 0) is 13.0 Å². The molecule has 28 heavy (non-hydrogen) atoms. The van der Waals surface area contributed by atoms with Gasteiger partial charge in [0, 0.05) is 43.6 Å². The number of halogens is 1. The van der Waals surface area contributed by atoms with E-state index in [-0.39, 0.29) is 24.0 Å². The molecule has 0 aliphatic rings. The van der Waals surface area contributed by atoms with Gasteiger partial charge in [0.25, 0.3) is 0 Å². The Morgan fingerprint density at radius 3 is 2.75 bits per heavy atom. The first-order chi connectivity index (χ1) is 13.2. The van der Waals surface area contributed by atoms with E-state index in [2.05, 4.69) is 57.7 Å². The predicted octanol–water partition coefficient (Wildman–Crippen LogP) is 3.90. The molecule has 0 unspecified atom stereocenters. The van der Waals surface area contributed by atoms with Gasteiger partial charge in [-0.3, -0.25) is 4.57 Å². The van der Waals surface area contributed by atoms with Gasteiger partial charge in [0.2, 0.25) is 0 Å². The van der Waals surface area contributed by atoms with Crippen LogP contribution >= 0.6 is 35.3 Å². The molecule has 6 nitrogen and oxygen atoms in total. The Kier molecular flexibility index (Phi) is 8.91. The summed E-state index contributed by atoms with van der Waals surface area (Å²) in [4.78, 5) is 17.1. The summed E-state index contributed by atoms with van der Waals surface area (Å²) in [5.74, 6) is 2.72. The Balaban J connectivity index is 0.00000280. The third-order valence-electron chi connectivity index (χ3n) is 4.26. The van der Waals surface area contributed by atoms with Crippen LogP contribution in [0.25, 0.3) is 5.82 Å². The average molecular weight is 510 g/mol. The maximum absolute atomic E-state index is 4.77. The fourth-order valence-corrected chi connectivity index (χ4v) is 3.45. The second-order valence-corrected chi connectivity index (χ2v) is 7.32. The molecule has 3 rings (SSSR count). The van der Waals surface area contributed by atoms with Gasteiger partial charge in [-0.15, -0.1) is 35.3 Å². The summed E-state index contributed by atoms with van der Waals surface area (Å²) >= 11 is 1.80. The number of thiophene rings is 1. The molecule has 0 saturated heterocycles. The van der Waals surface area contributed by atoms with Gasteiger partial charge in [-0.2, -0.15) is 0 Å². The Labute approximate surface area is 187 Å². The molecule has 0 saturated carbocycles. The molecule has 3 heterocycles. The topological polar surface area (TPSA) is 58.3 Å². The number of aryl methyl sites for hydroxylation is 1. The van der Waals surface area contributed by atoms with Crippen LogP contribution in [0.15, 0.2) is 53.2 Å². The summed E-state index contributed by atoms with van der Waals surface area (Å²) in [5, 5.41) is 5.49. The Hall–Kier alpha value is -1.94. The van der Waals surface area contributed by atoms with E-state index in [9.17, 15) is 0 Å². The minimum absolute atomic E-state index is 0. The Bertz CT molecular complexity index is 857. The van der Waals surface area contributed by atoms with Gasteiger partial charge in [-0.25, -0.2) is 15.0 Å². The number of imidazole rings is 1. The van der Waals surface area contributed by atoms with Gasteiger partial charge in [-0.1, -0.05) is 12.1 Å². The Morgan fingerprint density at radius 2 is 2.14 bits per heavy atom. The number of rotatable bonds is 7. The van der Waals surface area contributed by atoms with Crippen LogP contribution in [0.5, 0.6) is 0 Å². The van der Waals surface area contributed by atoms with Crippen molar-refractivity contribution in [1.82, 2.24) is 24.8 Å². The van der Waals surface area contributed by atoms with E-state index in [1.807, 2.05) is 30.0 Å². The molecular formula is C20H27IN6S. The molecule has 150 valence electrons. The number of nitrogens with zero attached hydrogens (tertiary/aromatic N) is 5. The highest BCUT2D eigenvalue weighted by Crippen LogP contribution is 2.11. The van der Waals surface area contributed by atoms with Gasteiger partial charge >= 0.3 is 0 Å². The van der Waals surface area contributed by atoms with Gasteiger partial charge < -0.3 is 10.2 Å². The van der Waals surface area contributed by atoms with Crippen LogP contribution in [0, 0.1) is 6.92 Å². The highest BCUT2D eigenvalue weighted by Gasteiger charge is 2.07. The summed E-state index contributed by atoms with van der Waals surface area (Å²) in [6.45, 7) is 6.44. The molecule has 0 spiro atoms. The molecule has 3 aromatic heterocycles. The predicted molar refractivity (Wildman–Crippen MR) is 127 cm³/mol. The van der Waals surface area contributed by atoms with Crippen molar-refractivity contribution < 1.29 is 0 Å². The maximum Gasteiger partial charge on any atom is 0.193 e. The lowest BCUT2D eigenvalue weighted by Gasteiger charge is -2.21. The van der Waals surface area contributed by atoms with Crippen molar-refractivity contribution >= 4 is 41.3 Å². The van der Waals surface area contributed by atoms with Gasteiger partial charge in [0.05, 0.1) is 6.54 Å². The summed E-state index contributed by atoms with van der Waals surface area (Å²) in [6.07, 6.45) is 6.61. The normalized spacial score (nSPS) is 11.2. The summed E-state index contributed by atoms with van der Waals surface area (Å²) < 4.78 is 1.97. The van der Waals surface area contributed by atoms with Gasteiger partial charge in [0.1, 0.15) is 11.6 Å². The molecule has 0 radical (unpaired) electrons. The SMILES string of the molecule is CCNC(=NCc1ccc(-n2ccnc2C)nc1)N(C)CCc1cccs1.I. The van der Waals surface area contributed by atoms with Crippen molar-refractivity contribution in [2.24, 2.45) is 4.99 Å². The van der Waals surface area contributed by atoms with Crippen molar-refractivity contribution in [3.8, 4) is 5.82 Å². The lowest BCUT2D eigenvalue weighted by atomic mass is 10.3. The number of guanidine groups is 1. The summed E-state index contributed by atoms with van der Waals surface area (Å²) in [6, 6.07) is 8.35. The number of aromatic nitrogens is 3. The zero-order valence-corrected chi connectivity index (χ0v) is 19.6. The smallest absolute Gasteiger partial charge is 0.193 e. The van der Waals surface area contributed by atoms with Crippen LogP contribution in [0.1, 0.15) is 23.2 Å². The number of hydrogen-bond donors (Lipinski definition) is 1. The fourth-order valence-electron chi connectivity index (χ4n) is 2.75. The van der Waals surface area contributed by atoms with Crippen molar-refractivity contribution in [1.29, 1.82) is 0 Å². The van der Waals surface area contributed by atoms with Crippen molar-refractivity contribution in [2.45, 2.75) is 26.8 Å².